The SMILES string of the molecule is Cn1cccc1CNc1ccc(OCC(F)(F)F)nc1. The largest absolute Gasteiger partial charge is 0.468 e. The summed E-state index contributed by atoms with van der Waals surface area (Å²) >= 11 is 0. The van der Waals surface area contributed by atoms with E-state index in [1.54, 1.807) is 6.07 Å². The summed E-state index contributed by atoms with van der Waals surface area (Å²) in [7, 11) is 1.93. The summed E-state index contributed by atoms with van der Waals surface area (Å²) < 4.78 is 42.4. The van der Waals surface area contributed by atoms with Gasteiger partial charge < -0.3 is 14.6 Å². The second-order valence-electron chi connectivity index (χ2n) is 4.25. The van der Waals surface area contributed by atoms with E-state index in [1.165, 1.54) is 12.3 Å². The number of ether oxygens (including phenoxy) is 1. The van der Waals surface area contributed by atoms with Crippen molar-refractivity contribution < 1.29 is 17.9 Å². The fourth-order valence-corrected chi connectivity index (χ4v) is 1.60. The number of anilines is 1. The quantitative estimate of drug-likeness (QED) is 0.918. The second kappa shape index (κ2) is 5.85. The maximum Gasteiger partial charge on any atom is 0.422 e. The topological polar surface area (TPSA) is 39.1 Å². The van der Waals surface area contributed by atoms with E-state index in [4.69, 9.17) is 0 Å². The number of hydrogen-bond acceptors (Lipinski definition) is 3. The molecule has 0 aliphatic rings. The number of nitrogens with zero attached hydrogens (tertiary/aromatic N) is 2. The summed E-state index contributed by atoms with van der Waals surface area (Å²) in [6.45, 7) is -0.732. The average molecular weight is 285 g/mol. The van der Waals surface area contributed by atoms with E-state index in [-0.39, 0.29) is 5.88 Å². The molecule has 2 aromatic heterocycles. The molecule has 0 unspecified atom stereocenters. The highest BCUT2D eigenvalue weighted by molar-refractivity contribution is 5.42. The Labute approximate surface area is 114 Å². The molecule has 2 aromatic rings. The van der Waals surface area contributed by atoms with Crippen LogP contribution >= 0.6 is 0 Å². The Kier molecular flexibility index (Phi) is 4.16. The molecular formula is C13H14F3N3O. The smallest absolute Gasteiger partial charge is 0.422 e. The van der Waals surface area contributed by atoms with Crippen molar-refractivity contribution in [3.63, 3.8) is 0 Å². The van der Waals surface area contributed by atoms with E-state index in [1.807, 2.05) is 29.9 Å². The zero-order chi connectivity index (χ0) is 14.6. The van der Waals surface area contributed by atoms with Gasteiger partial charge in [-0.25, -0.2) is 4.98 Å². The number of pyridine rings is 1. The molecule has 7 heteroatoms. The first-order valence-electron chi connectivity index (χ1n) is 5.94. The van der Waals surface area contributed by atoms with Crippen molar-refractivity contribution in [1.82, 2.24) is 9.55 Å². The van der Waals surface area contributed by atoms with Gasteiger partial charge in [-0.3, -0.25) is 0 Å². The highest BCUT2D eigenvalue weighted by Gasteiger charge is 2.28. The first-order chi connectivity index (χ1) is 9.44. The molecule has 0 saturated carbocycles. The van der Waals surface area contributed by atoms with Crippen molar-refractivity contribution >= 4 is 5.69 Å². The minimum atomic E-state index is -4.36. The third-order valence-electron chi connectivity index (χ3n) is 2.65. The van der Waals surface area contributed by atoms with Gasteiger partial charge >= 0.3 is 6.18 Å². The third kappa shape index (κ3) is 4.18. The Bertz CT molecular complexity index is 549. The number of aryl methyl sites for hydroxylation is 1. The van der Waals surface area contributed by atoms with E-state index >= 15 is 0 Å². The average Bonchev–Trinajstić information content (AvgIpc) is 2.80. The van der Waals surface area contributed by atoms with Crippen LogP contribution in [0.4, 0.5) is 18.9 Å². The molecule has 4 nitrogen and oxygen atoms in total. The fraction of sp³-hybridized carbons (Fsp3) is 0.308. The Morgan fingerprint density at radius 3 is 2.65 bits per heavy atom. The second-order valence-corrected chi connectivity index (χ2v) is 4.25. The van der Waals surface area contributed by atoms with Crippen LogP contribution < -0.4 is 10.1 Å². The summed E-state index contributed by atoms with van der Waals surface area (Å²) in [6.07, 6.45) is -0.983. The van der Waals surface area contributed by atoms with Crippen molar-refractivity contribution in [3.05, 3.63) is 42.4 Å². The number of halogens is 3. The van der Waals surface area contributed by atoms with Gasteiger partial charge in [-0.2, -0.15) is 13.2 Å². The molecule has 0 saturated heterocycles. The first-order valence-corrected chi connectivity index (χ1v) is 5.94. The summed E-state index contributed by atoms with van der Waals surface area (Å²) in [6, 6.07) is 6.94. The molecular weight excluding hydrogens is 271 g/mol. The van der Waals surface area contributed by atoms with Crippen molar-refractivity contribution in [3.8, 4) is 5.88 Å². The van der Waals surface area contributed by atoms with Gasteiger partial charge in [0.2, 0.25) is 5.88 Å². The van der Waals surface area contributed by atoms with E-state index < -0.39 is 12.8 Å². The van der Waals surface area contributed by atoms with Crippen molar-refractivity contribution in [1.29, 1.82) is 0 Å². The number of hydrogen-bond donors (Lipinski definition) is 1. The van der Waals surface area contributed by atoms with Crippen molar-refractivity contribution in [2.45, 2.75) is 12.7 Å². The van der Waals surface area contributed by atoms with E-state index in [0.29, 0.717) is 12.2 Å². The van der Waals surface area contributed by atoms with Crippen LogP contribution in [0.15, 0.2) is 36.7 Å². The zero-order valence-electron chi connectivity index (χ0n) is 10.8. The maximum absolute atomic E-state index is 12.0. The van der Waals surface area contributed by atoms with Crippen molar-refractivity contribution in [2.75, 3.05) is 11.9 Å². The van der Waals surface area contributed by atoms with Gasteiger partial charge in [0, 0.05) is 25.0 Å². The number of nitrogens with one attached hydrogen (secondary N) is 1. The third-order valence-corrected chi connectivity index (χ3v) is 2.65. The van der Waals surface area contributed by atoms with Crippen LogP contribution in [0.1, 0.15) is 5.69 Å². The van der Waals surface area contributed by atoms with Crippen LogP contribution in [0.25, 0.3) is 0 Å². The minimum Gasteiger partial charge on any atom is -0.468 e. The number of rotatable bonds is 5. The molecule has 0 aliphatic heterocycles. The van der Waals surface area contributed by atoms with Crippen LogP contribution in [0, 0.1) is 0 Å². The van der Waals surface area contributed by atoms with Gasteiger partial charge in [0.25, 0.3) is 0 Å². The van der Waals surface area contributed by atoms with Crippen LogP contribution in [0.3, 0.4) is 0 Å². The summed E-state index contributed by atoms with van der Waals surface area (Å²) in [4.78, 5) is 3.81. The lowest BCUT2D eigenvalue weighted by Crippen LogP contribution is -2.19. The molecule has 1 N–H and O–H groups in total. The summed E-state index contributed by atoms with van der Waals surface area (Å²) in [5, 5.41) is 3.13. The molecule has 2 heterocycles. The Hall–Kier alpha value is -2.18. The molecule has 0 bridgehead atoms. The van der Waals surface area contributed by atoms with Gasteiger partial charge in [-0.1, -0.05) is 0 Å². The predicted molar refractivity (Wildman–Crippen MR) is 68.5 cm³/mol. The minimum absolute atomic E-state index is 0.0493. The van der Waals surface area contributed by atoms with Gasteiger partial charge in [-0.15, -0.1) is 0 Å². The van der Waals surface area contributed by atoms with Gasteiger partial charge in [0.1, 0.15) is 0 Å². The lowest BCUT2D eigenvalue weighted by molar-refractivity contribution is -0.154. The van der Waals surface area contributed by atoms with E-state index in [0.717, 1.165) is 5.69 Å². The maximum atomic E-state index is 12.0. The van der Waals surface area contributed by atoms with Crippen LogP contribution in [0.2, 0.25) is 0 Å². The van der Waals surface area contributed by atoms with E-state index in [2.05, 4.69) is 15.0 Å². The normalized spacial score (nSPS) is 11.4. The molecule has 0 aliphatic carbocycles. The number of alkyl halides is 3. The number of aromatic nitrogens is 2. The highest BCUT2D eigenvalue weighted by Crippen LogP contribution is 2.18. The molecule has 0 spiro atoms. The molecule has 0 fully saturated rings. The Morgan fingerprint density at radius 1 is 1.30 bits per heavy atom. The van der Waals surface area contributed by atoms with Crippen LogP contribution in [0.5, 0.6) is 5.88 Å². The van der Waals surface area contributed by atoms with Crippen molar-refractivity contribution in [2.24, 2.45) is 7.05 Å². The molecule has 20 heavy (non-hydrogen) atoms. The molecule has 108 valence electrons. The first kappa shape index (κ1) is 14.2. The van der Waals surface area contributed by atoms with Gasteiger partial charge in [0.05, 0.1) is 18.4 Å². The molecule has 0 aromatic carbocycles. The molecule has 0 amide bonds. The van der Waals surface area contributed by atoms with Crippen LogP contribution in [-0.4, -0.2) is 22.3 Å². The lowest BCUT2D eigenvalue weighted by Gasteiger charge is -2.10. The zero-order valence-corrected chi connectivity index (χ0v) is 10.8. The lowest BCUT2D eigenvalue weighted by atomic mass is 10.3. The fourth-order valence-electron chi connectivity index (χ4n) is 1.60. The van der Waals surface area contributed by atoms with Gasteiger partial charge in [-0.05, 0) is 18.2 Å². The van der Waals surface area contributed by atoms with E-state index in [9.17, 15) is 13.2 Å². The molecule has 0 radical (unpaired) electrons. The highest BCUT2D eigenvalue weighted by atomic mass is 19.4. The Balaban J connectivity index is 1.87. The van der Waals surface area contributed by atoms with Gasteiger partial charge in [0.15, 0.2) is 6.61 Å². The standard InChI is InChI=1S/C13H14F3N3O/c1-19-6-2-3-11(19)8-17-10-4-5-12(18-7-10)20-9-13(14,15)16/h2-7,17H,8-9H2,1H3. The Morgan fingerprint density at radius 2 is 2.10 bits per heavy atom. The summed E-state index contributed by atoms with van der Waals surface area (Å²) in [5.41, 5.74) is 1.80. The van der Waals surface area contributed by atoms with Crippen LogP contribution in [-0.2, 0) is 13.6 Å². The summed E-state index contributed by atoms with van der Waals surface area (Å²) in [5.74, 6) is -0.0493. The molecule has 0 atom stereocenters. The predicted octanol–water partition coefficient (Wildman–Crippen LogP) is 2.97. The molecule has 2 rings (SSSR count). The monoisotopic (exact) mass is 285 g/mol.